The van der Waals surface area contributed by atoms with Crippen LogP contribution in [0, 0.1) is 5.82 Å². The third-order valence-electron chi connectivity index (χ3n) is 2.61. The van der Waals surface area contributed by atoms with Crippen LogP contribution < -0.4 is 5.32 Å². The van der Waals surface area contributed by atoms with Gasteiger partial charge in [-0.15, -0.1) is 0 Å². The molecular formula is C13H20BrFN2O. The average molecular weight is 319 g/mol. The first-order chi connectivity index (χ1) is 8.63. The van der Waals surface area contributed by atoms with Crippen molar-refractivity contribution in [3.8, 4) is 0 Å². The van der Waals surface area contributed by atoms with E-state index in [-0.39, 0.29) is 5.82 Å². The van der Waals surface area contributed by atoms with E-state index < -0.39 is 0 Å². The van der Waals surface area contributed by atoms with E-state index in [9.17, 15) is 4.39 Å². The summed E-state index contributed by atoms with van der Waals surface area (Å²) in [5.41, 5.74) is 1.09. The molecule has 0 aliphatic rings. The summed E-state index contributed by atoms with van der Waals surface area (Å²) in [6.45, 7) is 4.25. The Balaban J connectivity index is 2.28. The third kappa shape index (κ3) is 5.91. The van der Waals surface area contributed by atoms with Gasteiger partial charge in [0.25, 0.3) is 0 Å². The van der Waals surface area contributed by atoms with Gasteiger partial charge in [-0.25, -0.2) is 4.39 Å². The number of nitrogens with one attached hydrogen (secondary N) is 1. The van der Waals surface area contributed by atoms with Crippen molar-refractivity contribution in [2.45, 2.75) is 6.54 Å². The van der Waals surface area contributed by atoms with Crippen LogP contribution in [0.25, 0.3) is 0 Å². The molecule has 1 aromatic rings. The second kappa shape index (κ2) is 8.58. The van der Waals surface area contributed by atoms with E-state index in [1.807, 2.05) is 13.1 Å². The predicted octanol–water partition coefficient (Wildman–Crippen LogP) is 2.26. The maximum Gasteiger partial charge on any atom is 0.124 e. The van der Waals surface area contributed by atoms with Crippen LogP contribution in [0.5, 0.6) is 0 Å². The highest BCUT2D eigenvalue weighted by Crippen LogP contribution is 2.19. The van der Waals surface area contributed by atoms with Crippen molar-refractivity contribution >= 4 is 15.9 Å². The summed E-state index contributed by atoms with van der Waals surface area (Å²) in [5.74, 6) is -0.213. The van der Waals surface area contributed by atoms with Crippen molar-refractivity contribution in [1.29, 1.82) is 0 Å². The number of methoxy groups -OCH3 is 1. The molecule has 102 valence electrons. The summed E-state index contributed by atoms with van der Waals surface area (Å²) < 4.78 is 18.7. The molecule has 0 bridgehead atoms. The van der Waals surface area contributed by atoms with Crippen LogP contribution in [0.2, 0.25) is 0 Å². The van der Waals surface area contributed by atoms with Gasteiger partial charge in [0.2, 0.25) is 0 Å². The van der Waals surface area contributed by atoms with Gasteiger partial charge in [0.1, 0.15) is 5.82 Å². The molecule has 0 aliphatic carbocycles. The first-order valence-electron chi connectivity index (χ1n) is 5.95. The summed E-state index contributed by atoms with van der Waals surface area (Å²) in [7, 11) is 3.74. The molecule has 0 radical (unpaired) electrons. The minimum Gasteiger partial charge on any atom is -0.383 e. The number of hydrogen-bond acceptors (Lipinski definition) is 3. The van der Waals surface area contributed by atoms with E-state index in [1.54, 1.807) is 7.11 Å². The number of nitrogens with zero attached hydrogens (tertiary/aromatic N) is 1. The number of ether oxygens (including phenoxy) is 1. The Morgan fingerprint density at radius 2 is 2.17 bits per heavy atom. The molecule has 18 heavy (non-hydrogen) atoms. The quantitative estimate of drug-likeness (QED) is 0.744. The van der Waals surface area contributed by atoms with Crippen molar-refractivity contribution in [2.75, 3.05) is 40.4 Å². The average Bonchev–Trinajstić information content (AvgIpc) is 2.32. The monoisotopic (exact) mass is 318 g/mol. The van der Waals surface area contributed by atoms with Crippen LogP contribution in [0.15, 0.2) is 22.7 Å². The van der Waals surface area contributed by atoms with E-state index in [0.29, 0.717) is 0 Å². The minimum atomic E-state index is -0.213. The number of rotatable bonds is 8. The fourth-order valence-corrected chi connectivity index (χ4v) is 2.07. The van der Waals surface area contributed by atoms with Crippen molar-refractivity contribution in [2.24, 2.45) is 0 Å². The molecule has 3 nitrogen and oxygen atoms in total. The summed E-state index contributed by atoms with van der Waals surface area (Å²) in [4.78, 5) is 2.19. The van der Waals surface area contributed by atoms with Crippen molar-refractivity contribution in [1.82, 2.24) is 10.2 Å². The lowest BCUT2D eigenvalue weighted by molar-refractivity contribution is 0.197. The van der Waals surface area contributed by atoms with E-state index in [1.165, 1.54) is 12.1 Å². The van der Waals surface area contributed by atoms with Gasteiger partial charge in [-0.3, -0.25) is 0 Å². The standard InChI is InChI=1S/C13H20BrFN2O/c1-17(7-5-16-6-8-18-2)10-11-3-4-12(15)9-13(11)14/h3-4,9,16H,5-8,10H2,1-2H3. The van der Waals surface area contributed by atoms with Gasteiger partial charge in [0.15, 0.2) is 0 Å². The van der Waals surface area contributed by atoms with Gasteiger partial charge >= 0.3 is 0 Å². The van der Waals surface area contributed by atoms with Crippen LogP contribution in [0.3, 0.4) is 0 Å². The molecular weight excluding hydrogens is 299 g/mol. The van der Waals surface area contributed by atoms with E-state index in [2.05, 4.69) is 26.1 Å². The molecule has 0 saturated heterocycles. The summed E-state index contributed by atoms with van der Waals surface area (Å²) in [5, 5.41) is 3.29. The SMILES string of the molecule is COCCNCCN(C)Cc1ccc(F)cc1Br. The Morgan fingerprint density at radius 1 is 1.39 bits per heavy atom. The lowest BCUT2D eigenvalue weighted by atomic mass is 10.2. The first-order valence-corrected chi connectivity index (χ1v) is 6.75. The maximum absolute atomic E-state index is 12.9. The van der Waals surface area contributed by atoms with Gasteiger partial charge in [-0.1, -0.05) is 22.0 Å². The lowest BCUT2D eigenvalue weighted by Gasteiger charge is -2.17. The van der Waals surface area contributed by atoms with Gasteiger partial charge in [-0.05, 0) is 24.7 Å². The molecule has 0 amide bonds. The molecule has 0 heterocycles. The summed E-state index contributed by atoms with van der Waals surface area (Å²) in [6, 6.07) is 4.80. The zero-order chi connectivity index (χ0) is 13.4. The van der Waals surface area contributed by atoms with Crippen LogP contribution in [0.1, 0.15) is 5.56 Å². The Labute approximate surface area is 116 Å². The summed E-state index contributed by atoms with van der Waals surface area (Å²) in [6.07, 6.45) is 0. The Hall–Kier alpha value is -0.490. The molecule has 0 fully saturated rings. The number of halogens is 2. The van der Waals surface area contributed by atoms with Gasteiger partial charge in [0.05, 0.1) is 6.61 Å². The van der Waals surface area contributed by atoms with Crippen LogP contribution in [-0.2, 0) is 11.3 Å². The predicted molar refractivity (Wildman–Crippen MR) is 75.2 cm³/mol. The molecule has 1 N–H and O–H groups in total. The highest BCUT2D eigenvalue weighted by atomic mass is 79.9. The van der Waals surface area contributed by atoms with Crippen molar-refractivity contribution in [3.63, 3.8) is 0 Å². The van der Waals surface area contributed by atoms with E-state index in [0.717, 1.165) is 42.8 Å². The molecule has 0 saturated carbocycles. The highest BCUT2D eigenvalue weighted by molar-refractivity contribution is 9.10. The molecule has 1 rings (SSSR count). The molecule has 0 spiro atoms. The molecule has 0 aromatic heterocycles. The molecule has 5 heteroatoms. The topological polar surface area (TPSA) is 24.5 Å². The fourth-order valence-electron chi connectivity index (χ4n) is 1.59. The van der Waals surface area contributed by atoms with Gasteiger partial charge in [-0.2, -0.15) is 0 Å². The Kier molecular flexibility index (Phi) is 7.42. The fraction of sp³-hybridized carbons (Fsp3) is 0.538. The Morgan fingerprint density at radius 3 is 2.83 bits per heavy atom. The summed E-state index contributed by atoms with van der Waals surface area (Å²) >= 11 is 3.38. The number of hydrogen-bond donors (Lipinski definition) is 1. The molecule has 0 unspecified atom stereocenters. The van der Waals surface area contributed by atoms with Crippen LogP contribution in [0.4, 0.5) is 4.39 Å². The van der Waals surface area contributed by atoms with Crippen molar-refractivity contribution in [3.05, 3.63) is 34.1 Å². The molecule has 0 aliphatic heterocycles. The first kappa shape index (κ1) is 15.6. The van der Waals surface area contributed by atoms with Gasteiger partial charge in [0, 0.05) is 37.8 Å². The second-order valence-electron chi connectivity index (χ2n) is 4.22. The Bertz CT molecular complexity index is 363. The van der Waals surface area contributed by atoms with Crippen molar-refractivity contribution < 1.29 is 9.13 Å². The van der Waals surface area contributed by atoms with Gasteiger partial charge < -0.3 is 15.0 Å². The largest absolute Gasteiger partial charge is 0.383 e. The van der Waals surface area contributed by atoms with Crippen LogP contribution >= 0.6 is 15.9 Å². The number of likely N-dealkylation sites (N-methyl/N-ethyl adjacent to an activating group) is 1. The zero-order valence-electron chi connectivity index (χ0n) is 10.9. The zero-order valence-corrected chi connectivity index (χ0v) is 12.5. The highest BCUT2D eigenvalue weighted by Gasteiger charge is 2.05. The maximum atomic E-state index is 12.9. The van der Waals surface area contributed by atoms with Crippen LogP contribution in [-0.4, -0.2) is 45.3 Å². The smallest absolute Gasteiger partial charge is 0.124 e. The molecule has 0 atom stereocenters. The second-order valence-corrected chi connectivity index (χ2v) is 5.07. The molecule has 1 aromatic carbocycles. The third-order valence-corrected chi connectivity index (χ3v) is 3.35. The minimum absolute atomic E-state index is 0.213. The lowest BCUT2D eigenvalue weighted by Crippen LogP contribution is -2.30. The number of benzene rings is 1. The normalized spacial score (nSPS) is 11.2. The van der Waals surface area contributed by atoms with E-state index in [4.69, 9.17) is 4.74 Å². The van der Waals surface area contributed by atoms with E-state index >= 15 is 0 Å².